The van der Waals surface area contributed by atoms with E-state index in [2.05, 4.69) is 11.8 Å². The predicted octanol–water partition coefficient (Wildman–Crippen LogP) is 2.00. The van der Waals surface area contributed by atoms with Gasteiger partial charge in [0.1, 0.15) is 5.75 Å². The molecule has 3 fully saturated rings. The molecule has 32 heavy (non-hydrogen) atoms. The highest BCUT2D eigenvalue weighted by molar-refractivity contribution is 5.89. The summed E-state index contributed by atoms with van der Waals surface area (Å²) in [6, 6.07) is 15.3. The summed E-state index contributed by atoms with van der Waals surface area (Å²) in [5, 5.41) is 9.95. The van der Waals surface area contributed by atoms with E-state index >= 15 is 0 Å². The minimum Gasteiger partial charge on any atom is -0.497 e. The molecule has 2 aromatic rings. The largest absolute Gasteiger partial charge is 0.497 e. The van der Waals surface area contributed by atoms with Crippen LogP contribution >= 0.6 is 0 Å². The second-order valence-electron chi connectivity index (χ2n) is 8.74. The van der Waals surface area contributed by atoms with Crippen molar-refractivity contribution in [2.45, 2.75) is 30.8 Å². The number of fused-ring (bicyclic) bond motifs is 1. The molecule has 0 aromatic heterocycles. The lowest BCUT2D eigenvalue weighted by Gasteiger charge is -2.58. The number of piperazine rings is 1. The standard InChI is InChI=1S/C26H26N2O4/c1-32-21-4-2-3-18(13-21)6-5-17-7-9-19(10-8-17)25-22-14-27(26(31)20-11-12-20)15-24(30)28(22)23(25)16-29/h2-4,7-10,13,20,22-23,25,29H,11-12,14-16H2,1H3/t22-,23+,25-/m1/s1. The van der Waals surface area contributed by atoms with Gasteiger partial charge in [-0.1, -0.05) is 30.0 Å². The molecule has 2 amide bonds. The summed E-state index contributed by atoms with van der Waals surface area (Å²) < 4.78 is 5.24. The van der Waals surface area contributed by atoms with E-state index in [-0.39, 0.29) is 48.9 Å². The number of benzene rings is 2. The van der Waals surface area contributed by atoms with Crippen LogP contribution in [0.5, 0.6) is 5.75 Å². The Balaban J connectivity index is 1.33. The maximum absolute atomic E-state index is 12.7. The lowest BCUT2D eigenvalue weighted by molar-refractivity contribution is -0.167. The Morgan fingerprint density at radius 1 is 1.12 bits per heavy atom. The average molecular weight is 431 g/mol. The summed E-state index contributed by atoms with van der Waals surface area (Å²) >= 11 is 0. The summed E-state index contributed by atoms with van der Waals surface area (Å²) in [5.74, 6) is 7.25. The lowest BCUT2D eigenvalue weighted by atomic mass is 9.73. The number of rotatable bonds is 4. The van der Waals surface area contributed by atoms with Gasteiger partial charge in [-0.2, -0.15) is 0 Å². The van der Waals surface area contributed by atoms with E-state index in [1.807, 2.05) is 48.5 Å². The van der Waals surface area contributed by atoms with E-state index in [0.717, 1.165) is 35.3 Å². The minimum atomic E-state index is -0.237. The molecule has 5 rings (SSSR count). The van der Waals surface area contributed by atoms with Crippen LogP contribution in [0.3, 0.4) is 0 Å². The van der Waals surface area contributed by atoms with Crippen molar-refractivity contribution in [3.05, 3.63) is 65.2 Å². The van der Waals surface area contributed by atoms with Crippen molar-refractivity contribution in [1.29, 1.82) is 0 Å². The van der Waals surface area contributed by atoms with E-state index in [1.165, 1.54) is 0 Å². The number of carbonyl (C=O) groups is 2. The number of aliphatic hydroxyl groups is 1. The fourth-order valence-electron chi connectivity index (χ4n) is 4.89. The molecule has 6 nitrogen and oxygen atoms in total. The summed E-state index contributed by atoms with van der Waals surface area (Å²) in [5.41, 5.74) is 2.83. The van der Waals surface area contributed by atoms with Crippen molar-refractivity contribution in [3.63, 3.8) is 0 Å². The van der Waals surface area contributed by atoms with Gasteiger partial charge in [-0.3, -0.25) is 9.59 Å². The van der Waals surface area contributed by atoms with E-state index < -0.39 is 0 Å². The topological polar surface area (TPSA) is 70.1 Å². The van der Waals surface area contributed by atoms with Crippen LogP contribution in [0.4, 0.5) is 0 Å². The summed E-state index contributed by atoms with van der Waals surface area (Å²) in [7, 11) is 1.63. The first-order valence-electron chi connectivity index (χ1n) is 11.1. The Hall–Kier alpha value is -3.30. The van der Waals surface area contributed by atoms with Gasteiger partial charge in [0.05, 0.1) is 32.3 Å². The molecular formula is C26H26N2O4. The molecule has 1 saturated carbocycles. The third kappa shape index (κ3) is 3.74. The molecule has 0 radical (unpaired) electrons. The summed E-state index contributed by atoms with van der Waals surface area (Å²) in [6.45, 7) is 0.592. The fourth-order valence-corrected chi connectivity index (χ4v) is 4.89. The Bertz CT molecular complexity index is 1100. The van der Waals surface area contributed by atoms with Crippen LogP contribution in [0, 0.1) is 17.8 Å². The van der Waals surface area contributed by atoms with Gasteiger partial charge >= 0.3 is 0 Å². The maximum atomic E-state index is 12.7. The number of hydrogen-bond donors (Lipinski definition) is 1. The van der Waals surface area contributed by atoms with Crippen LogP contribution in [-0.2, 0) is 9.59 Å². The van der Waals surface area contributed by atoms with Crippen molar-refractivity contribution in [3.8, 4) is 17.6 Å². The van der Waals surface area contributed by atoms with E-state index in [1.54, 1.807) is 16.9 Å². The third-order valence-corrected chi connectivity index (χ3v) is 6.71. The van der Waals surface area contributed by atoms with Gasteiger partial charge < -0.3 is 19.6 Å². The zero-order valence-corrected chi connectivity index (χ0v) is 18.0. The molecule has 2 saturated heterocycles. The van der Waals surface area contributed by atoms with Crippen molar-refractivity contribution in [1.82, 2.24) is 9.80 Å². The highest BCUT2D eigenvalue weighted by Crippen LogP contribution is 2.43. The van der Waals surface area contributed by atoms with Crippen molar-refractivity contribution < 1.29 is 19.4 Å². The fraction of sp³-hybridized carbons (Fsp3) is 0.385. The molecular weight excluding hydrogens is 404 g/mol. The molecule has 2 heterocycles. The number of amides is 2. The highest BCUT2D eigenvalue weighted by Gasteiger charge is 2.55. The van der Waals surface area contributed by atoms with E-state index in [0.29, 0.717) is 6.54 Å². The van der Waals surface area contributed by atoms with Gasteiger partial charge in [0.15, 0.2) is 0 Å². The van der Waals surface area contributed by atoms with Gasteiger partial charge in [-0.05, 0) is 48.7 Å². The molecule has 2 aliphatic heterocycles. The van der Waals surface area contributed by atoms with Gasteiger partial charge in [-0.15, -0.1) is 0 Å². The monoisotopic (exact) mass is 430 g/mol. The van der Waals surface area contributed by atoms with E-state index in [9.17, 15) is 14.7 Å². The second kappa shape index (κ2) is 8.33. The smallest absolute Gasteiger partial charge is 0.242 e. The van der Waals surface area contributed by atoms with Crippen molar-refractivity contribution in [2.75, 3.05) is 26.8 Å². The molecule has 6 heteroatoms. The van der Waals surface area contributed by atoms with Crippen LogP contribution in [-0.4, -0.2) is 65.6 Å². The molecule has 2 aromatic carbocycles. The number of ether oxygens (including phenoxy) is 1. The Morgan fingerprint density at radius 3 is 2.56 bits per heavy atom. The summed E-state index contributed by atoms with van der Waals surface area (Å²) in [4.78, 5) is 28.7. The zero-order chi connectivity index (χ0) is 22.2. The molecule has 0 unspecified atom stereocenters. The molecule has 3 atom stereocenters. The highest BCUT2D eigenvalue weighted by atomic mass is 16.5. The number of aliphatic hydroxyl groups excluding tert-OH is 1. The Kier molecular flexibility index (Phi) is 5.36. The molecule has 0 bridgehead atoms. The van der Waals surface area contributed by atoms with E-state index in [4.69, 9.17) is 4.74 Å². The second-order valence-corrected chi connectivity index (χ2v) is 8.74. The van der Waals surface area contributed by atoms with Crippen molar-refractivity contribution in [2.24, 2.45) is 5.92 Å². The van der Waals surface area contributed by atoms with Crippen LogP contribution in [0.15, 0.2) is 48.5 Å². The van der Waals surface area contributed by atoms with Gasteiger partial charge in [0.25, 0.3) is 0 Å². The summed E-state index contributed by atoms with van der Waals surface area (Å²) in [6.07, 6.45) is 1.86. The quantitative estimate of drug-likeness (QED) is 0.754. The first-order chi connectivity index (χ1) is 15.6. The average Bonchev–Trinajstić information content (AvgIpc) is 3.65. The zero-order valence-electron chi connectivity index (χ0n) is 18.0. The number of nitrogens with zero attached hydrogens (tertiary/aromatic N) is 2. The lowest BCUT2D eigenvalue weighted by Crippen LogP contribution is -2.73. The first kappa shape index (κ1) is 20.6. The first-order valence-corrected chi connectivity index (χ1v) is 11.1. The normalized spacial score (nSPS) is 24.2. The number of carbonyl (C=O) groups excluding carboxylic acids is 2. The van der Waals surface area contributed by atoms with Crippen LogP contribution in [0.2, 0.25) is 0 Å². The number of methoxy groups -OCH3 is 1. The van der Waals surface area contributed by atoms with Crippen LogP contribution in [0.1, 0.15) is 35.4 Å². The Morgan fingerprint density at radius 2 is 1.88 bits per heavy atom. The van der Waals surface area contributed by atoms with Crippen LogP contribution in [0.25, 0.3) is 0 Å². The SMILES string of the molecule is COc1cccc(C#Cc2ccc([C@@H]3[C@H]4CN(C(=O)C5CC5)CC(=O)N4[C@H]3CO)cc2)c1. The molecule has 1 N–H and O–H groups in total. The number of hydrogen-bond acceptors (Lipinski definition) is 4. The molecule has 0 spiro atoms. The molecule has 3 aliphatic rings. The predicted molar refractivity (Wildman–Crippen MR) is 119 cm³/mol. The Labute approximate surface area is 187 Å². The molecule has 1 aliphatic carbocycles. The third-order valence-electron chi connectivity index (χ3n) is 6.71. The minimum absolute atomic E-state index is 0.0131. The van der Waals surface area contributed by atoms with Gasteiger partial charge in [-0.25, -0.2) is 0 Å². The molecule has 164 valence electrons. The van der Waals surface area contributed by atoms with Crippen molar-refractivity contribution >= 4 is 11.8 Å². The maximum Gasteiger partial charge on any atom is 0.242 e. The van der Waals surface area contributed by atoms with Gasteiger partial charge in [0.2, 0.25) is 11.8 Å². The van der Waals surface area contributed by atoms with Gasteiger partial charge in [0, 0.05) is 29.5 Å². The van der Waals surface area contributed by atoms with Crippen LogP contribution < -0.4 is 4.74 Å².